The van der Waals surface area contributed by atoms with Gasteiger partial charge in [-0.2, -0.15) is 0 Å². The summed E-state index contributed by atoms with van der Waals surface area (Å²) in [5, 5.41) is 12.9. The van der Waals surface area contributed by atoms with E-state index >= 15 is 0 Å². The number of aryl methyl sites for hydroxylation is 2. The molecule has 0 spiro atoms. The highest BCUT2D eigenvalue weighted by Crippen LogP contribution is 2.25. The molecule has 0 saturated heterocycles. The smallest absolute Gasteiger partial charge is 0.272 e. The van der Waals surface area contributed by atoms with Crippen molar-refractivity contribution >= 4 is 69.1 Å². The molecule has 16 heteroatoms. The maximum atomic E-state index is 13.1. The first-order chi connectivity index (χ1) is 21.9. The molecule has 0 aliphatic rings. The van der Waals surface area contributed by atoms with Gasteiger partial charge >= 0.3 is 0 Å². The standard InChI is InChI=1S/C30H36N12O4/c1-41-15-21(37-25(43)7-9-35-29(31)32)13-23(41)27(45)39-19-5-3-17-4-6-20(12-18(17)11-19)40-28(46)24-14-22(16-42(24)2)38-26(44)8-10-36-30(33)34/h3-6,11-16H,7-10H2,1-2H3,(H,37,43)(H,38,44)(H,39,45)(H,40,46)(H4,31,32,35)(H4,33,34,36). The van der Waals surface area contributed by atoms with Crippen LogP contribution >= 0.6 is 0 Å². The number of nitrogens with two attached hydrogens (primary N) is 4. The third-order valence-electron chi connectivity index (χ3n) is 6.67. The molecule has 0 fully saturated rings. The Morgan fingerprint density at radius 2 is 1.00 bits per heavy atom. The van der Waals surface area contributed by atoms with Gasteiger partial charge in [0.05, 0.1) is 24.5 Å². The van der Waals surface area contributed by atoms with Crippen LogP contribution in [0.1, 0.15) is 33.8 Å². The fraction of sp³-hybridized carbons (Fsp3) is 0.200. The number of hydrogen-bond acceptors (Lipinski definition) is 6. The molecule has 16 nitrogen and oxygen atoms in total. The van der Waals surface area contributed by atoms with Crippen molar-refractivity contribution in [2.45, 2.75) is 12.8 Å². The molecule has 0 aliphatic carbocycles. The molecular formula is C30H36N12O4. The molecule has 0 unspecified atom stereocenters. The molecule has 2 aromatic carbocycles. The van der Waals surface area contributed by atoms with E-state index in [0.29, 0.717) is 34.1 Å². The van der Waals surface area contributed by atoms with Crippen molar-refractivity contribution in [3.8, 4) is 0 Å². The van der Waals surface area contributed by atoms with Gasteiger partial charge in [0.2, 0.25) is 11.8 Å². The number of carbonyl (C=O) groups is 4. The average molecular weight is 629 g/mol. The van der Waals surface area contributed by atoms with E-state index < -0.39 is 0 Å². The number of nitrogens with zero attached hydrogens (tertiary/aromatic N) is 4. The lowest BCUT2D eigenvalue weighted by molar-refractivity contribution is -0.116. The van der Waals surface area contributed by atoms with E-state index in [0.717, 1.165) is 10.8 Å². The summed E-state index contributed by atoms with van der Waals surface area (Å²) in [7, 11) is 3.39. The lowest BCUT2D eigenvalue weighted by atomic mass is 10.1. The third kappa shape index (κ3) is 8.85. The van der Waals surface area contributed by atoms with Gasteiger partial charge in [-0.05, 0) is 47.2 Å². The normalized spacial score (nSPS) is 10.6. The number of guanidine groups is 2. The van der Waals surface area contributed by atoms with Crippen molar-refractivity contribution in [2.24, 2.45) is 47.0 Å². The fourth-order valence-corrected chi connectivity index (χ4v) is 4.53. The highest BCUT2D eigenvalue weighted by Gasteiger charge is 2.16. The SMILES string of the molecule is Cn1cc(NC(=O)CCN=C(N)N)cc1C(=O)Nc1ccc2ccc(NC(=O)c3cc(NC(=O)CCN=C(N)N)cn3C)cc2c1. The number of aliphatic imine (C=N–C) groups is 2. The summed E-state index contributed by atoms with van der Waals surface area (Å²) in [6.07, 6.45) is 3.42. The lowest BCUT2D eigenvalue weighted by Gasteiger charge is -2.10. The molecule has 4 aromatic rings. The van der Waals surface area contributed by atoms with Crippen molar-refractivity contribution in [3.05, 3.63) is 72.3 Å². The number of carbonyl (C=O) groups excluding carboxylic acids is 4. The molecular weight excluding hydrogens is 592 g/mol. The molecule has 0 aliphatic heterocycles. The summed E-state index contributed by atoms with van der Waals surface area (Å²) in [5.74, 6) is -1.54. The first-order valence-corrected chi connectivity index (χ1v) is 14.1. The molecule has 2 heterocycles. The highest BCUT2D eigenvalue weighted by atomic mass is 16.2. The molecule has 2 aromatic heterocycles. The number of aromatic nitrogens is 2. The quantitative estimate of drug-likeness (QED) is 0.0834. The number of fused-ring (bicyclic) bond motifs is 1. The Morgan fingerprint density at radius 3 is 1.39 bits per heavy atom. The fourth-order valence-electron chi connectivity index (χ4n) is 4.53. The van der Waals surface area contributed by atoms with E-state index in [1.54, 1.807) is 72.0 Å². The van der Waals surface area contributed by atoms with Gasteiger partial charge in [0.25, 0.3) is 11.8 Å². The predicted molar refractivity (Wildman–Crippen MR) is 179 cm³/mol. The second-order valence-corrected chi connectivity index (χ2v) is 10.3. The zero-order valence-corrected chi connectivity index (χ0v) is 25.3. The minimum atomic E-state index is -0.379. The molecule has 46 heavy (non-hydrogen) atoms. The summed E-state index contributed by atoms with van der Waals surface area (Å²) in [5.41, 5.74) is 23.7. The van der Waals surface area contributed by atoms with Gasteiger partial charge in [-0.1, -0.05) is 12.1 Å². The largest absolute Gasteiger partial charge is 0.370 e. The zero-order chi connectivity index (χ0) is 33.4. The van der Waals surface area contributed by atoms with Gasteiger partial charge in [0, 0.05) is 50.7 Å². The van der Waals surface area contributed by atoms with Crippen LogP contribution in [0.3, 0.4) is 0 Å². The Balaban J connectivity index is 1.40. The van der Waals surface area contributed by atoms with E-state index in [1.807, 2.05) is 12.1 Å². The van der Waals surface area contributed by atoms with E-state index in [-0.39, 0.29) is 61.5 Å². The first kappa shape index (κ1) is 32.6. The molecule has 240 valence electrons. The van der Waals surface area contributed by atoms with Crippen LogP contribution < -0.4 is 44.2 Å². The minimum absolute atomic E-state index is 0.0844. The lowest BCUT2D eigenvalue weighted by Crippen LogP contribution is -2.23. The first-order valence-electron chi connectivity index (χ1n) is 14.1. The molecule has 12 N–H and O–H groups in total. The number of rotatable bonds is 12. The van der Waals surface area contributed by atoms with Gasteiger partial charge in [0.15, 0.2) is 11.9 Å². The van der Waals surface area contributed by atoms with Crippen LogP contribution in [0.25, 0.3) is 10.8 Å². The topological polar surface area (TPSA) is 255 Å². The highest BCUT2D eigenvalue weighted by molar-refractivity contribution is 6.07. The number of benzene rings is 2. The molecule has 0 bridgehead atoms. The van der Waals surface area contributed by atoms with Gasteiger partial charge in [-0.3, -0.25) is 29.2 Å². The number of nitrogens with one attached hydrogen (secondary N) is 4. The van der Waals surface area contributed by atoms with Crippen LogP contribution in [0.2, 0.25) is 0 Å². The molecule has 0 radical (unpaired) electrons. The van der Waals surface area contributed by atoms with E-state index in [9.17, 15) is 19.2 Å². The summed E-state index contributed by atoms with van der Waals surface area (Å²) in [6.45, 7) is 0.302. The number of amides is 4. The van der Waals surface area contributed by atoms with Crippen molar-refractivity contribution in [3.63, 3.8) is 0 Å². The Morgan fingerprint density at radius 1 is 0.587 bits per heavy atom. The number of hydrogen-bond donors (Lipinski definition) is 8. The van der Waals surface area contributed by atoms with Crippen LogP contribution in [0.4, 0.5) is 22.7 Å². The number of anilines is 4. The van der Waals surface area contributed by atoms with Crippen LogP contribution in [-0.2, 0) is 23.7 Å². The Labute approximate surface area is 263 Å². The zero-order valence-electron chi connectivity index (χ0n) is 25.3. The maximum absolute atomic E-state index is 13.1. The second-order valence-electron chi connectivity index (χ2n) is 10.3. The van der Waals surface area contributed by atoms with Gasteiger partial charge in [-0.15, -0.1) is 0 Å². The monoisotopic (exact) mass is 628 g/mol. The van der Waals surface area contributed by atoms with Crippen LogP contribution in [0, 0.1) is 0 Å². The van der Waals surface area contributed by atoms with Crippen LogP contribution in [-0.4, -0.2) is 57.8 Å². The summed E-state index contributed by atoms with van der Waals surface area (Å²) >= 11 is 0. The van der Waals surface area contributed by atoms with Crippen molar-refractivity contribution in [1.82, 2.24) is 9.13 Å². The molecule has 0 saturated carbocycles. The van der Waals surface area contributed by atoms with E-state index in [4.69, 9.17) is 22.9 Å². The van der Waals surface area contributed by atoms with E-state index in [1.165, 1.54) is 0 Å². The maximum Gasteiger partial charge on any atom is 0.272 e. The predicted octanol–water partition coefficient (Wildman–Crippen LogP) is 1.23. The summed E-state index contributed by atoms with van der Waals surface area (Å²) < 4.78 is 3.20. The summed E-state index contributed by atoms with van der Waals surface area (Å²) in [6, 6.07) is 13.9. The Bertz CT molecular complexity index is 1720. The molecule has 4 amide bonds. The van der Waals surface area contributed by atoms with Crippen LogP contribution in [0.15, 0.2) is 70.9 Å². The van der Waals surface area contributed by atoms with Gasteiger partial charge < -0.3 is 53.3 Å². The van der Waals surface area contributed by atoms with Gasteiger partial charge in [-0.25, -0.2) is 0 Å². The second kappa shape index (κ2) is 14.4. The van der Waals surface area contributed by atoms with Crippen molar-refractivity contribution in [2.75, 3.05) is 34.4 Å². The summed E-state index contributed by atoms with van der Waals surface area (Å²) in [4.78, 5) is 58.0. The Kier molecular flexibility index (Phi) is 10.2. The Hall–Kier alpha value is -6.32. The van der Waals surface area contributed by atoms with Gasteiger partial charge in [0.1, 0.15) is 11.4 Å². The van der Waals surface area contributed by atoms with E-state index in [2.05, 4.69) is 31.3 Å². The third-order valence-corrected chi connectivity index (χ3v) is 6.67. The molecule has 0 atom stereocenters. The van der Waals surface area contributed by atoms with Crippen LogP contribution in [0.5, 0.6) is 0 Å². The minimum Gasteiger partial charge on any atom is -0.370 e. The molecule has 4 rings (SSSR count). The van der Waals surface area contributed by atoms with Crippen molar-refractivity contribution < 1.29 is 19.2 Å². The average Bonchev–Trinajstić information content (AvgIpc) is 3.53. The van der Waals surface area contributed by atoms with Crippen molar-refractivity contribution in [1.29, 1.82) is 0 Å².